The number of benzene rings is 1. The topological polar surface area (TPSA) is 22.0 Å². The van der Waals surface area contributed by atoms with E-state index in [-0.39, 0.29) is 5.78 Å². The average molecular weight is 265 g/mol. The second-order valence-corrected chi connectivity index (χ2v) is 5.00. The van der Waals surface area contributed by atoms with Crippen LogP contribution in [0, 0.1) is 12.3 Å². The number of aromatic nitrogens is 1. The fourth-order valence-electron chi connectivity index (χ4n) is 2.20. The fraction of sp³-hybridized carbons (Fsp3) is 0.0625. The van der Waals surface area contributed by atoms with Crippen molar-refractivity contribution < 1.29 is 4.79 Å². The molecule has 2 nitrogen and oxygen atoms in total. The first-order valence-corrected chi connectivity index (χ1v) is 6.84. The Morgan fingerprint density at radius 1 is 1.32 bits per heavy atom. The van der Waals surface area contributed by atoms with E-state index in [0.717, 1.165) is 10.9 Å². The van der Waals surface area contributed by atoms with Crippen LogP contribution < -0.4 is 0 Å². The Balaban J connectivity index is 2.20. The predicted molar refractivity (Wildman–Crippen MR) is 78.5 cm³/mol. The summed E-state index contributed by atoms with van der Waals surface area (Å²) in [6.07, 6.45) is 5.42. The van der Waals surface area contributed by atoms with E-state index < -0.39 is 0 Å². The van der Waals surface area contributed by atoms with Crippen molar-refractivity contribution in [1.29, 1.82) is 0 Å². The van der Waals surface area contributed by atoms with Gasteiger partial charge in [-0.25, -0.2) is 0 Å². The van der Waals surface area contributed by atoms with Gasteiger partial charge in [0.1, 0.15) is 0 Å². The molecule has 0 saturated carbocycles. The van der Waals surface area contributed by atoms with E-state index in [4.69, 9.17) is 6.42 Å². The number of nitrogens with zero attached hydrogens (tertiary/aromatic N) is 1. The van der Waals surface area contributed by atoms with Crippen LogP contribution in [0.4, 0.5) is 0 Å². The molecular weight excluding hydrogens is 254 g/mol. The van der Waals surface area contributed by atoms with Crippen LogP contribution in [-0.4, -0.2) is 10.4 Å². The van der Waals surface area contributed by atoms with Gasteiger partial charge >= 0.3 is 0 Å². The van der Waals surface area contributed by atoms with Gasteiger partial charge < -0.3 is 4.57 Å². The van der Waals surface area contributed by atoms with Crippen LogP contribution >= 0.6 is 11.3 Å². The Kier molecular flexibility index (Phi) is 2.94. The zero-order chi connectivity index (χ0) is 13.2. The van der Waals surface area contributed by atoms with Gasteiger partial charge in [-0.15, -0.1) is 6.42 Å². The predicted octanol–water partition coefficient (Wildman–Crippen LogP) is 3.57. The number of terminal acetylenes is 1. The molecule has 3 heteroatoms. The van der Waals surface area contributed by atoms with Gasteiger partial charge in [0.2, 0.25) is 5.78 Å². The van der Waals surface area contributed by atoms with Crippen molar-refractivity contribution in [2.75, 3.05) is 0 Å². The van der Waals surface area contributed by atoms with Crippen LogP contribution in [0.25, 0.3) is 10.9 Å². The molecule has 0 saturated heterocycles. The molecule has 0 aliphatic carbocycles. The van der Waals surface area contributed by atoms with E-state index in [9.17, 15) is 4.79 Å². The van der Waals surface area contributed by atoms with E-state index in [1.165, 1.54) is 11.3 Å². The molecule has 2 heterocycles. The van der Waals surface area contributed by atoms with Crippen molar-refractivity contribution >= 4 is 28.0 Å². The molecule has 0 aliphatic heterocycles. The van der Waals surface area contributed by atoms with Crippen LogP contribution in [0.3, 0.4) is 0 Å². The van der Waals surface area contributed by atoms with Gasteiger partial charge in [0.15, 0.2) is 0 Å². The van der Waals surface area contributed by atoms with E-state index in [1.807, 2.05) is 51.7 Å². The quantitative estimate of drug-likeness (QED) is 0.524. The van der Waals surface area contributed by atoms with Crippen molar-refractivity contribution in [3.8, 4) is 12.3 Å². The molecule has 0 radical (unpaired) electrons. The highest BCUT2D eigenvalue weighted by Gasteiger charge is 2.16. The van der Waals surface area contributed by atoms with E-state index in [0.29, 0.717) is 17.8 Å². The highest BCUT2D eigenvalue weighted by atomic mass is 32.1. The maximum Gasteiger partial charge on any atom is 0.210 e. The summed E-state index contributed by atoms with van der Waals surface area (Å²) in [4.78, 5) is 12.5. The smallest absolute Gasteiger partial charge is 0.210 e. The van der Waals surface area contributed by atoms with Crippen molar-refractivity contribution in [1.82, 2.24) is 4.57 Å². The zero-order valence-electron chi connectivity index (χ0n) is 10.2. The molecule has 1 aromatic carbocycles. The molecule has 0 fully saturated rings. The monoisotopic (exact) mass is 265 g/mol. The van der Waals surface area contributed by atoms with Crippen molar-refractivity contribution in [2.24, 2.45) is 0 Å². The molecular formula is C16H11NOS. The lowest BCUT2D eigenvalue weighted by molar-refractivity contribution is 0.103. The highest BCUT2D eigenvalue weighted by molar-refractivity contribution is 7.08. The average Bonchev–Trinajstić information content (AvgIpc) is 3.06. The van der Waals surface area contributed by atoms with Crippen LogP contribution in [0.5, 0.6) is 0 Å². The third-order valence-corrected chi connectivity index (χ3v) is 3.76. The molecule has 0 spiro atoms. The first-order valence-electron chi connectivity index (χ1n) is 5.90. The largest absolute Gasteiger partial charge is 0.326 e. The van der Waals surface area contributed by atoms with Crippen LogP contribution in [0.1, 0.15) is 16.1 Å². The molecule has 0 aliphatic rings. The molecule has 19 heavy (non-hydrogen) atoms. The summed E-state index contributed by atoms with van der Waals surface area (Å²) in [5.41, 5.74) is 2.36. The van der Waals surface area contributed by atoms with Gasteiger partial charge in [0, 0.05) is 21.8 Å². The van der Waals surface area contributed by atoms with Crippen molar-refractivity contribution in [2.45, 2.75) is 6.54 Å². The second kappa shape index (κ2) is 4.75. The van der Waals surface area contributed by atoms with Gasteiger partial charge in [-0.05, 0) is 23.6 Å². The molecule has 2 aromatic heterocycles. The Morgan fingerprint density at radius 2 is 2.16 bits per heavy atom. The van der Waals surface area contributed by atoms with E-state index in [2.05, 4.69) is 5.92 Å². The minimum Gasteiger partial charge on any atom is -0.326 e. The Bertz CT molecular complexity index is 775. The summed E-state index contributed by atoms with van der Waals surface area (Å²) in [6.45, 7) is 0.402. The molecule has 3 aromatic rings. The lowest BCUT2D eigenvalue weighted by Crippen LogP contribution is -2.08. The summed E-state index contributed by atoms with van der Waals surface area (Å²) >= 11 is 1.52. The maximum absolute atomic E-state index is 12.5. The molecule has 92 valence electrons. The van der Waals surface area contributed by atoms with Gasteiger partial charge in [-0.1, -0.05) is 24.1 Å². The normalized spacial score (nSPS) is 10.5. The van der Waals surface area contributed by atoms with Gasteiger partial charge in [-0.2, -0.15) is 11.3 Å². The minimum atomic E-state index is 0.0210. The number of carbonyl (C=O) groups is 1. The number of thiophene rings is 1. The lowest BCUT2D eigenvalue weighted by Gasteiger charge is -2.05. The van der Waals surface area contributed by atoms with Crippen molar-refractivity contribution in [3.63, 3.8) is 0 Å². The molecule has 0 amide bonds. The Morgan fingerprint density at radius 3 is 2.89 bits per heavy atom. The fourth-order valence-corrected chi connectivity index (χ4v) is 2.84. The summed E-state index contributed by atoms with van der Waals surface area (Å²) in [5.74, 6) is 2.64. The zero-order valence-corrected chi connectivity index (χ0v) is 11.0. The molecule has 0 N–H and O–H groups in total. The van der Waals surface area contributed by atoms with E-state index >= 15 is 0 Å². The molecule has 0 atom stereocenters. The number of hydrogen-bond acceptors (Lipinski definition) is 2. The SMILES string of the molecule is C#CCn1c(C(=O)c2ccsc2)cc2ccccc21. The number of hydrogen-bond donors (Lipinski definition) is 0. The standard InChI is InChI=1S/C16H11NOS/c1-2-8-17-14-6-4-3-5-12(14)10-15(17)16(18)13-7-9-19-11-13/h1,3-7,9-11H,8H2. The number of carbonyl (C=O) groups excluding carboxylic acids is 1. The summed E-state index contributed by atoms with van der Waals surface area (Å²) in [7, 11) is 0. The number of para-hydroxylation sites is 1. The summed E-state index contributed by atoms with van der Waals surface area (Å²) in [6, 6.07) is 11.6. The first kappa shape index (κ1) is 11.8. The minimum absolute atomic E-state index is 0.0210. The second-order valence-electron chi connectivity index (χ2n) is 4.22. The van der Waals surface area contributed by atoms with Crippen LogP contribution in [-0.2, 0) is 6.54 Å². The van der Waals surface area contributed by atoms with Gasteiger partial charge in [-0.3, -0.25) is 4.79 Å². The van der Waals surface area contributed by atoms with E-state index in [1.54, 1.807) is 0 Å². The number of fused-ring (bicyclic) bond motifs is 1. The summed E-state index contributed by atoms with van der Waals surface area (Å²) < 4.78 is 1.90. The molecule has 3 rings (SSSR count). The lowest BCUT2D eigenvalue weighted by atomic mass is 10.1. The van der Waals surface area contributed by atoms with Gasteiger partial charge in [0.25, 0.3) is 0 Å². The Hall–Kier alpha value is -2.31. The van der Waals surface area contributed by atoms with Crippen molar-refractivity contribution in [3.05, 3.63) is 58.4 Å². The third kappa shape index (κ3) is 1.96. The number of ketones is 1. The maximum atomic E-state index is 12.5. The highest BCUT2D eigenvalue weighted by Crippen LogP contribution is 2.22. The number of rotatable bonds is 3. The molecule has 0 bridgehead atoms. The third-order valence-electron chi connectivity index (χ3n) is 3.08. The van der Waals surface area contributed by atoms with Crippen LogP contribution in [0.2, 0.25) is 0 Å². The summed E-state index contributed by atoms with van der Waals surface area (Å²) in [5, 5.41) is 4.80. The van der Waals surface area contributed by atoms with Gasteiger partial charge in [0.05, 0.1) is 12.2 Å². The molecule has 0 unspecified atom stereocenters. The Labute approximate surface area is 115 Å². The first-order chi connectivity index (χ1) is 9.31. The van der Waals surface area contributed by atoms with Crippen LogP contribution in [0.15, 0.2) is 47.2 Å².